The fourth-order valence-corrected chi connectivity index (χ4v) is 1.51. The highest BCUT2D eigenvalue weighted by Crippen LogP contribution is 2.12. The molecular weight excluding hydrogens is 301 g/mol. The van der Waals surface area contributed by atoms with Crippen LogP contribution in [0.3, 0.4) is 0 Å². The highest BCUT2D eigenvalue weighted by atomic mass is 127. The molecule has 76 valence electrons. The highest BCUT2D eigenvalue weighted by Gasteiger charge is 1.95. The molecule has 3 heteroatoms. The van der Waals surface area contributed by atoms with Crippen LogP contribution in [0.5, 0.6) is 5.75 Å². The SMILES string of the molecule is Ic1ccc(OCc2ccccc2)cn1. The quantitative estimate of drug-likeness (QED) is 0.641. The second kappa shape index (κ2) is 5.11. The Morgan fingerprint density at radius 2 is 1.87 bits per heavy atom. The second-order valence-corrected chi connectivity index (χ2v) is 4.20. The van der Waals surface area contributed by atoms with E-state index in [9.17, 15) is 0 Å². The summed E-state index contributed by atoms with van der Waals surface area (Å²) < 4.78 is 6.55. The van der Waals surface area contributed by atoms with Gasteiger partial charge in [-0.15, -0.1) is 0 Å². The first kappa shape index (κ1) is 10.4. The molecule has 0 aliphatic heterocycles. The molecule has 1 aromatic carbocycles. The largest absolute Gasteiger partial charge is 0.487 e. The summed E-state index contributed by atoms with van der Waals surface area (Å²) in [7, 11) is 0. The van der Waals surface area contributed by atoms with Crippen LogP contribution >= 0.6 is 22.6 Å². The van der Waals surface area contributed by atoms with Crippen LogP contribution in [0.15, 0.2) is 48.7 Å². The number of hydrogen-bond acceptors (Lipinski definition) is 2. The molecule has 15 heavy (non-hydrogen) atoms. The molecule has 0 radical (unpaired) electrons. The molecule has 0 fully saturated rings. The minimum Gasteiger partial charge on any atom is -0.487 e. The fraction of sp³-hybridized carbons (Fsp3) is 0.0833. The Morgan fingerprint density at radius 1 is 1.07 bits per heavy atom. The Balaban J connectivity index is 1.96. The van der Waals surface area contributed by atoms with Crippen molar-refractivity contribution >= 4 is 22.6 Å². The van der Waals surface area contributed by atoms with Crippen LogP contribution in [0.1, 0.15) is 5.56 Å². The average Bonchev–Trinajstić information content (AvgIpc) is 2.30. The number of rotatable bonds is 3. The first-order chi connectivity index (χ1) is 7.34. The molecule has 0 saturated heterocycles. The smallest absolute Gasteiger partial charge is 0.138 e. The lowest BCUT2D eigenvalue weighted by Crippen LogP contribution is -1.95. The van der Waals surface area contributed by atoms with Crippen molar-refractivity contribution in [2.24, 2.45) is 0 Å². The van der Waals surface area contributed by atoms with E-state index in [2.05, 4.69) is 27.6 Å². The Bertz CT molecular complexity index is 413. The van der Waals surface area contributed by atoms with Gasteiger partial charge in [0.15, 0.2) is 0 Å². The van der Waals surface area contributed by atoms with E-state index in [1.165, 1.54) is 0 Å². The first-order valence-corrected chi connectivity index (χ1v) is 5.71. The van der Waals surface area contributed by atoms with Gasteiger partial charge in [0.2, 0.25) is 0 Å². The van der Waals surface area contributed by atoms with E-state index < -0.39 is 0 Å². The predicted octanol–water partition coefficient (Wildman–Crippen LogP) is 3.27. The molecule has 0 saturated carbocycles. The maximum atomic E-state index is 5.58. The van der Waals surface area contributed by atoms with Crippen molar-refractivity contribution in [1.82, 2.24) is 4.98 Å². The monoisotopic (exact) mass is 311 g/mol. The number of benzene rings is 1. The van der Waals surface area contributed by atoms with Gasteiger partial charge in [0.05, 0.1) is 6.20 Å². The van der Waals surface area contributed by atoms with Crippen molar-refractivity contribution in [3.05, 3.63) is 57.9 Å². The molecule has 2 nitrogen and oxygen atoms in total. The molecule has 0 N–H and O–H groups in total. The molecule has 0 spiro atoms. The number of ether oxygens (including phenoxy) is 1. The predicted molar refractivity (Wildman–Crippen MR) is 67.7 cm³/mol. The zero-order valence-corrected chi connectivity index (χ0v) is 10.2. The summed E-state index contributed by atoms with van der Waals surface area (Å²) in [6.07, 6.45) is 1.74. The summed E-state index contributed by atoms with van der Waals surface area (Å²) >= 11 is 2.17. The van der Waals surface area contributed by atoms with Crippen LogP contribution < -0.4 is 4.74 Å². The topological polar surface area (TPSA) is 22.1 Å². The summed E-state index contributed by atoms with van der Waals surface area (Å²) in [6.45, 7) is 0.586. The van der Waals surface area contributed by atoms with Gasteiger partial charge in [-0.25, -0.2) is 4.98 Å². The number of halogens is 1. The fourth-order valence-electron chi connectivity index (χ4n) is 1.19. The lowest BCUT2D eigenvalue weighted by atomic mass is 10.2. The van der Waals surface area contributed by atoms with Crippen LogP contribution in [0.4, 0.5) is 0 Å². The molecule has 1 heterocycles. The summed E-state index contributed by atoms with van der Waals surface area (Å²) in [6, 6.07) is 13.9. The van der Waals surface area contributed by atoms with Crippen molar-refractivity contribution in [2.45, 2.75) is 6.61 Å². The van der Waals surface area contributed by atoms with Crippen molar-refractivity contribution < 1.29 is 4.74 Å². The normalized spacial score (nSPS) is 9.93. The molecular formula is C12H10INO. The number of nitrogens with zero attached hydrogens (tertiary/aromatic N) is 1. The summed E-state index contributed by atoms with van der Waals surface area (Å²) in [5, 5.41) is 0. The van der Waals surface area contributed by atoms with Crippen molar-refractivity contribution in [2.75, 3.05) is 0 Å². The average molecular weight is 311 g/mol. The summed E-state index contributed by atoms with van der Waals surface area (Å²) in [5.74, 6) is 0.805. The van der Waals surface area contributed by atoms with E-state index >= 15 is 0 Å². The molecule has 0 aliphatic carbocycles. The minimum absolute atomic E-state index is 0.586. The number of pyridine rings is 1. The maximum absolute atomic E-state index is 5.58. The Hall–Kier alpha value is -1.10. The van der Waals surface area contributed by atoms with Crippen LogP contribution in [0.2, 0.25) is 0 Å². The highest BCUT2D eigenvalue weighted by molar-refractivity contribution is 14.1. The van der Waals surface area contributed by atoms with Gasteiger partial charge in [0, 0.05) is 0 Å². The number of hydrogen-bond donors (Lipinski definition) is 0. The Morgan fingerprint density at radius 3 is 2.53 bits per heavy atom. The maximum Gasteiger partial charge on any atom is 0.138 e. The van der Waals surface area contributed by atoms with E-state index in [1.54, 1.807) is 6.20 Å². The van der Waals surface area contributed by atoms with Gasteiger partial charge in [0.1, 0.15) is 16.1 Å². The molecule has 1 aromatic heterocycles. The summed E-state index contributed by atoms with van der Waals surface area (Å²) in [4.78, 5) is 4.15. The molecule has 0 aliphatic rings. The Kier molecular flexibility index (Phi) is 3.55. The molecule has 0 atom stereocenters. The van der Waals surface area contributed by atoms with Gasteiger partial charge in [-0.05, 0) is 40.3 Å². The zero-order valence-electron chi connectivity index (χ0n) is 8.06. The van der Waals surface area contributed by atoms with Gasteiger partial charge in [-0.1, -0.05) is 30.3 Å². The van der Waals surface area contributed by atoms with Gasteiger partial charge >= 0.3 is 0 Å². The third-order valence-electron chi connectivity index (χ3n) is 1.95. The van der Waals surface area contributed by atoms with Crippen molar-refractivity contribution in [1.29, 1.82) is 0 Å². The number of aromatic nitrogens is 1. The lowest BCUT2D eigenvalue weighted by Gasteiger charge is -2.05. The molecule has 2 rings (SSSR count). The van der Waals surface area contributed by atoms with E-state index in [0.29, 0.717) is 6.61 Å². The van der Waals surface area contributed by atoms with Gasteiger partial charge in [-0.2, -0.15) is 0 Å². The van der Waals surface area contributed by atoms with Crippen molar-refractivity contribution in [3.63, 3.8) is 0 Å². The standard InChI is InChI=1S/C12H10INO/c13-12-7-6-11(8-14-12)15-9-10-4-2-1-3-5-10/h1-8H,9H2. The molecule has 0 amide bonds. The molecule has 2 aromatic rings. The second-order valence-electron chi connectivity index (χ2n) is 3.09. The van der Waals surface area contributed by atoms with Crippen molar-refractivity contribution in [3.8, 4) is 5.75 Å². The molecule has 0 unspecified atom stereocenters. The van der Waals surface area contributed by atoms with Crippen LogP contribution in [0, 0.1) is 3.70 Å². The minimum atomic E-state index is 0.586. The van der Waals surface area contributed by atoms with E-state index in [1.807, 2.05) is 42.5 Å². The van der Waals surface area contributed by atoms with E-state index in [4.69, 9.17) is 4.74 Å². The van der Waals surface area contributed by atoms with Gasteiger partial charge < -0.3 is 4.74 Å². The third kappa shape index (κ3) is 3.20. The third-order valence-corrected chi connectivity index (χ3v) is 2.59. The van der Waals surface area contributed by atoms with E-state index in [0.717, 1.165) is 15.0 Å². The summed E-state index contributed by atoms with van der Waals surface area (Å²) in [5.41, 5.74) is 1.16. The lowest BCUT2D eigenvalue weighted by molar-refractivity contribution is 0.305. The van der Waals surface area contributed by atoms with Crippen LogP contribution in [0.25, 0.3) is 0 Å². The Labute approximate surface area is 102 Å². The van der Waals surface area contributed by atoms with Gasteiger partial charge in [-0.3, -0.25) is 0 Å². The van der Waals surface area contributed by atoms with Crippen LogP contribution in [-0.2, 0) is 6.61 Å². The van der Waals surface area contributed by atoms with E-state index in [-0.39, 0.29) is 0 Å². The van der Waals surface area contributed by atoms with Gasteiger partial charge in [0.25, 0.3) is 0 Å². The zero-order chi connectivity index (χ0) is 10.5. The van der Waals surface area contributed by atoms with Crippen LogP contribution in [-0.4, -0.2) is 4.98 Å². The first-order valence-electron chi connectivity index (χ1n) is 4.63. The molecule has 0 bridgehead atoms.